The van der Waals surface area contributed by atoms with Crippen molar-refractivity contribution in [1.82, 2.24) is 25.5 Å². The number of aliphatic imine (C=N–C) groups is 1. The van der Waals surface area contributed by atoms with Gasteiger partial charge in [0, 0.05) is 47.0 Å². The molecule has 2 rings (SSSR count). The Bertz CT molecular complexity index is 722. The molecular formula is C18H29F3IN7O. The number of aromatic nitrogens is 2. The quantitative estimate of drug-likeness (QED) is 0.212. The zero-order chi connectivity index (χ0) is 21.5. The third-order valence-corrected chi connectivity index (χ3v) is 4.88. The van der Waals surface area contributed by atoms with Gasteiger partial charge in [-0.15, -0.1) is 24.0 Å². The van der Waals surface area contributed by atoms with Crippen LogP contribution in [0.5, 0.6) is 0 Å². The number of alkyl halides is 3. The molecule has 1 aromatic rings. The first-order valence-electron chi connectivity index (χ1n) is 9.48. The van der Waals surface area contributed by atoms with Crippen LogP contribution in [0.4, 0.5) is 19.1 Å². The molecule has 170 valence electrons. The number of anilines is 1. The molecule has 1 aliphatic carbocycles. The molecule has 1 aliphatic rings. The van der Waals surface area contributed by atoms with Crippen molar-refractivity contribution in [2.24, 2.45) is 10.4 Å². The minimum Gasteiger partial charge on any atom is -0.355 e. The Labute approximate surface area is 191 Å². The Balaban J connectivity index is 0.00000450. The van der Waals surface area contributed by atoms with Crippen molar-refractivity contribution < 1.29 is 18.0 Å². The zero-order valence-electron chi connectivity index (χ0n) is 17.3. The summed E-state index contributed by atoms with van der Waals surface area (Å²) in [5, 5.41) is 9.01. The Kier molecular flexibility index (Phi) is 10.0. The highest BCUT2D eigenvalue weighted by molar-refractivity contribution is 14.0. The fourth-order valence-electron chi connectivity index (χ4n) is 3.42. The van der Waals surface area contributed by atoms with Crippen molar-refractivity contribution in [2.45, 2.75) is 31.9 Å². The molecule has 1 saturated carbocycles. The summed E-state index contributed by atoms with van der Waals surface area (Å²) in [4.78, 5) is 25.6. The van der Waals surface area contributed by atoms with E-state index < -0.39 is 17.3 Å². The predicted molar refractivity (Wildman–Crippen MR) is 120 cm³/mol. The van der Waals surface area contributed by atoms with Crippen molar-refractivity contribution in [3.05, 3.63) is 18.0 Å². The predicted octanol–water partition coefficient (Wildman–Crippen LogP) is 2.34. The summed E-state index contributed by atoms with van der Waals surface area (Å²) in [6.07, 6.45) is 0.270. The third kappa shape index (κ3) is 7.13. The van der Waals surface area contributed by atoms with E-state index in [1.807, 2.05) is 0 Å². The SMILES string of the molecule is CN=C(NCCNc1nccc(C(F)(F)F)n1)NCC1(C(=O)N(C)C)CCCC1.I. The summed E-state index contributed by atoms with van der Waals surface area (Å²) in [6, 6.07) is 0.822. The van der Waals surface area contributed by atoms with Gasteiger partial charge >= 0.3 is 6.18 Å². The highest BCUT2D eigenvalue weighted by Crippen LogP contribution is 2.38. The molecule has 0 aromatic carbocycles. The van der Waals surface area contributed by atoms with Crippen molar-refractivity contribution in [3.63, 3.8) is 0 Å². The van der Waals surface area contributed by atoms with E-state index >= 15 is 0 Å². The van der Waals surface area contributed by atoms with Crippen LogP contribution in [0.15, 0.2) is 17.3 Å². The highest BCUT2D eigenvalue weighted by atomic mass is 127. The van der Waals surface area contributed by atoms with E-state index in [0.717, 1.165) is 37.9 Å². The van der Waals surface area contributed by atoms with Gasteiger partial charge in [0.25, 0.3) is 0 Å². The van der Waals surface area contributed by atoms with E-state index in [9.17, 15) is 18.0 Å². The van der Waals surface area contributed by atoms with E-state index in [0.29, 0.717) is 25.6 Å². The van der Waals surface area contributed by atoms with Crippen molar-refractivity contribution in [2.75, 3.05) is 46.1 Å². The molecule has 3 N–H and O–H groups in total. The summed E-state index contributed by atoms with van der Waals surface area (Å²) >= 11 is 0. The van der Waals surface area contributed by atoms with E-state index in [4.69, 9.17) is 0 Å². The summed E-state index contributed by atoms with van der Waals surface area (Å²) in [6.45, 7) is 1.16. The second-order valence-corrected chi connectivity index (χ2v) is 7.23. The van der Waals surface area contributed by atoms with Gasteiger partial charge < -0.3 is 20.9 Å². The van der Waals surface area contributed by atoms with Crippen molar-refractivity contribution in [3.8, 4) is 0 Å². The van der Waals surface area contributed by atoms with E-state index in [2.05, 4.69) is 30.9 Å². The average Bonchev–Trinajstić information content (AvgIpc) is 3.16. The normalized spacial score (nSPS) is 15.9. The minimum atomic E-state index is -4.51. The second-order valence-electron chi connectivity index (χ2n) is 7.23. The Morgan fingerprint density at radius 2 is 1.90 bits per heavy atom. The van der Waals surface area contributed by atoms with E-state index in [-0.39, 0.29) is 35.8 Å². The number of halogens is 4. The second kappa shape index (κ2) is 11.5. The lowest BCUT2D eigenvalue weighted by molar-refractivity contribution is -0.141. The Morgan fingerprint density at radius 1 is 1.23 bits per heavy atom. The lowest BCUT2D eigenvalue weighted by Gasteiger charge is -2.31. The van der Waals surface area contributed by atoms with Crippen LogP contribution in [-0.4, -0.2) is 67.5 Å². The highest BCUT2D eigenvalue weighted by Gasteiger charge is 2.42. The molecule has 1 aromatic heterocycles. The Morgan fingerprint density at radius 3 is 2.47 bits per heavy atom. The standard InChI is InChI=1S/C18H28F3N7O.HI/c1-22-15(26-12-17(7-4-5-8-17)14(29)28(2)3)24-10-11-25-16-23-9-6-13(27-16)18(19,20)21;/h6,9H,4-5,7-8,10-12H2,1-3H3,(H2,22,24,26)(H,23,25,27);1H. The van der Waals surface area contributed by atoms with Gasteiger partial charge in [-0.25, -0.2) is 9.97 Å². The summed E-state index contributed by atoms with van der Waals surface area (Å²) in [5.41, 5.74) is -1.42. The molecule has 12 heteroatoms. The van der Waals surface area contributed by atoms with Gasteiger partial charge in [0.05, 0.1) is 5.41 Å². The maximum absolute atomic E-state index is 12.7. The van der Waals surface area contributed by atoms with E-state index in [1.54, 1.807) is 26.0 Å². The maximum atomic E-state index is 12.7. The lowest BCUT2D eigenvalue weighted by Crippen LogP contribution is -2.49. The van der Waals surface area contributed by atoms with Gasteiger partial charge in [-0.05, 0) is 18.9 Å². The molecule has 0 saturated heterocycles. The largest absolute Gasteiger partial charge is 0.433 e. The lowest BCUT2D eigenvalue weighted by atomic mass is 9.84. The zero-order valence-corrected chi connectivity index (χ0v) is 19.7. The number of amides is 1. The number of hydrogen-bond donors (Lipinski definition) is 3. The Hall–Kier alpha value is -1.86. The fourth-order valence-corrected chi connectivity index (χ4v) is 3.42. The molecule has 0 spiro atoms. The minimum absolute atomic E-state index is 0. The van der Waals surface area contributed by atoms with Crippen LogP contribution in [0, 0.1) is 5.41 Å². The molecular weight excluding hydrogens is 514 g/mol. The number of hydrogen-bond acceptors (Lipinski definition) is 5. The number of carbonyl (C=O) groups is 1. The summed E-state index contributed by atoms with van der Waals surface area (Å²) in [5.74, 6) is 0.543. The summed E-state index contributed by atoms with van der Waals surface area (Å²) < 4.78 is 38.0. The van der Waals surface area contributed by atoms with Crippen molar-refractivity contribution >= 4 is 41.8 Å². The fraction of sp³-hybridized carbons (Fsp3) is 0.667. The van der Waals surface area contributed by atoms with Crippen LogP contribution in [0.3, 0.4) is 0 Å². The molecule has 0 radical (unpaired) electrons. The van der Waals surface area contributed by atoms with Gasteiger partial charge in [0.15, 0.2) is 5.96 Å². The topological polar surface area (TPSA) is 94.5 Å². The average molecular weight is 543 g/mol. The number of guanidine groups is 1. The van der Waals surface area contributed by atoms with Crippen LogP contribution in [0.25, 0.3) is 0 Å². The number of nitrogens with one attached hydrogen (secondary N) is 3. The first-order valence-corrected chi connectivity index (χ1v) is 9.48. The molecule has 0 unspecified atom stereocenters. The molecule has 1 fully saturated rings. The van der Waals surface area contributed by atoms with Crippen LogP contribution in [0.1, 0.15) is 31.4 Å². The smallest absolute Gasteiger partial charge is 0.355 e. The number of rotatable bonds is 7. The molecule has 0 bridgehead atoms. The monoisotopic (exact) mass is 543 g/mol. The molecule has 0 atom stereocenters. The van der Waals surface area contributed by atoms with Gasteiger partial charge in [0.2, 0.25) is 11.9 Å². The third-order valence-electron chi connectivity index (χ3n) is 4.88. The van der Waals surface area contributed by atoms with Crippen molar-refractivity contribution in [1.29, 1.82) is 0 Å². The molecule has 8 nitrogen and oxygen atoms in total. The molecule has 30 heavy (non-hydrogen) atoms. The maximum Gasteiger partial charge on any atom is 0.433 e. The summed E-state index contributed by atoms with van der Waals surface area (Å²) in [7, 11) is 5.14. The van der Waals surface area contributed by atoms with Crippen LogP contribution >= 0.6 is 24.0 Å². The first kappa shape index (κ1) is 26.2. The molecule has 1 amide bonds. The van der Waals surface area contributed by atoms with Gasteiger partial charge in [-0.1, -0.05) is 12.8 Å². The van der Waals surface area contributed by atoms with Gasteiger partial charge in [-0.2, -0.15) is 13.2 Å². The van der Waals surface area contributed by atoms with E-state index in [1.165, 1.54) is 0 Å². The van der Waals surface area contributed by atoms with Crippen LogP contribution < -0.4 is 16.0 Å². The molecule has 0 aliphatic heterocycles. The number of nitrogens with zero attached hydrogens (tertiary/aromatic N) is 4. The van der Waals surface area contributed by atoms with Gasteiger partial charge in [-0.3, -0.25) is 9.79 Å². The van der Waals surface area contributed by atoms with Crippen LogP contribution in [0.2, 0.25) is 0 Å². The number of carbonyl (C=O) groups excluding carboxylic acids is 1. The van der Waals surface area contributed by atoms with Gasteiger partial charge in [0.1, 0.15) is 5.69 Å². The van der Waals surface area contributed by atoms with Crippen LogP contribution in [-0.2, 0) is 11.0 Å². The first-order chi connectivity index (χ1) is 13.7. The molecule has 1 heterocycles.